The van der Waals surface area contributed by atoms with Crippen molar-refractivity contribution >= 4 is 5.97 Å². The van der Waals surface area contributed by atoms with Gasteiger partial charge in [0, 0.05) is 19.1 Å². The van der Waals surface area contributed by atoms with E-state index in [9.17, 15) is 9.90 Å². The molecule has 0 aliphatic heterocycles. The Morgan fingerprint density at radius 2 is 2.11 bits per heavy atom. The molecule has 2 N–H and O–H groups in total. The second-order valence-electron chi connectivity index (χ2n) is 6.17. The molecule has 0 aromatic rings. The smallest absolute Gasteiger partial charge is 0.323 e. The Bertz CT molecular complexity index is 299. The van der Waals surface area contributed by atoms with Crippen molar-refractivity contribution in [3.8, 4) is 0 Å². The fourth-order valence-corrected chi connectivity index (χ4v) is 2.36. The summed E-state index contributed by atoms with van der Waals surface area (Å²) in [6.45, 7) is 4.52. The van der Waals surface area contributed by atoms with E-state index in [4.69, 9.17) is 4.74 Å². The van der Waals surface area contributed by atoms with E-state index in [1.807, 2.05) is 6.92 Å². The molecule has 2 aliphatic carbocycles. The van der Waals surface area contributed by atoms with Crippen LogP contribution in [-0.4, -0.2) is 35.4 Å². The van der Waals surface area contributed by atoms with E-state index in [1.165, 1.54) is 12.8 Å². The first-order valence-corrected chi connectivity index (χ1v) is 7.12. The van der Waals surface area contributed by atoms with Gasteiger partial charge in [-0.05, 0) is 39.0 Å². The van der Waals surface area contributed by atoms with Gasteiger partial charge in [-0.1, -0.05) is 12.8 Å². The minimum absolute atomic E-state index is 0.00361. The van der Waals surface area contributed by atoms with Gasteiger partial charge in [0.25, 0.3) is 0 Å². The molecule has 2 saturated carbocycles. The van der Waals surface area contributed by atoms with Crippen molar-refractivity contribution in [3.63, 3.8) is 0 Å². The van der Waals surface area contributed by atoms with Crippen molar-refractivity contribution in [2.75, 3.05) is 6.61 Å². The molecule has 0 aromatic heterocycles. The molecule has 0 spiro atoms. The maximum Gasteiger partial charge on any atom is 0.323 e. The molecular formula is C14H25NO3. The lowest BCUT2D eigenvalue weighted by atomic mass is 9.94. The molecule has 18 heavy (non-hydrogen) atoms. The van der Waals surface area contributed by atoms with Gasteiger partial charge in [0.15, 0.2) is 0 Å². The Kier molecular flexibility index (Phi) is 4.28. The molecule has 0 heterocycles. The second-order valence-corrected chi connectivity index (χ2v) is 6.17. The monoisotopic (exact) mass is 255 g/mol. The summed E-state index contributed by atoms with van der Waals surface area (Å²) in [5.74, 6) is 0.0969. The van der Waals surface area contributed by atoms with Gasteiger partial charge >= 0.3 is 5.97 Å². The quantitative estimate of drug-likeness (QED) is 0.663. The van der Waals surface area contributed by atoms with Gasteiger partial charge in [0.1, 0.15) is 5.54 Å². The molecule has 0 radical (unpaired) electrons. The van der Waals surface area contributed by atoms with Crippen molar-refractivity contribution in [1.82, 2.24) is 5.32 Å². The number of ether oxygens (including phenoxy) is 1. The Morgan fingerprint density at radius 1 is 1.44 bits per heavy atom. The Labute approximate surface area is 109 Å². The van der Waals surface area contributed by atoms with E-state index in [0.29, 0.717) is 12.5 Å². The highest BCUT2D eigenvalue weighted by Crippen LogP contribution is 2.32. The summed E-state index contributed by atoms with van der Waals surface area (Å²) in [5.41, 5.74) is -0.847. The van der Waals surface area contributed by atoms with Crippen LogP contribution in [0.1, 0.15) is 52.4 Å². The predicted octanol–water partition coefficient (Wildman–Crippen LogP) is 2.18. The lowest BCUT2D eigenvalue weighted by Gasteiger charge is -2.29. The molecule has 0 bridgehead atoms. The summed E-state index contributed by atoms with van der Waals surface area (Å²) in [6, 6.07) is 0.393. The van der Waals surface area contributed by atoms with Crippen LogP contribution in [-0.2, 0) is 9.53 Å². The minimum Gasteiger partial charge on any atom is -0.480 e. The number of hydrogen-bond donors (Lipinski definition) is 2. The van der Waals surface area contributed by atoms with E-state index >= 15 is 0 Å². The standard InChI is InChI=1S/C14H25NO3/c1-10(18-8-7-11-3-4-11)9-14(2,13(16)17)15-12-5-6-12/h10-12,15H,3-9H2,1-2H3,(H,16,17). The van der Waals surface area contributed by atoms with Gasteiger partial charge in [-0.15, -0.1) is 0 Å². The molecule has 2 aliphatic rings. The SMILES string of the molecule is CC(CC(C)(NC1CC1)C(=O)O)OCCC1CC1. The third kappa shape index (κ3) is 4.25. The minimum atomic E-state index is -0.847. The molecule has 4 nitrogen and oxygen atoms in total. The Balaban J connectivity index is 1.73. The van der Waals surface area contributed by atoms with Crippen LogP contribution in [0.2, 0.25) is 0 Å². The van der Waals surface area contributed by atoms with E-state index in [0.717, 1.165) is 31.8 Å². The number of rotatable bonds is 9. The highest BCUT2D eigenvalue weighted by molar-refractivity contribution is 5.78. The normalized spacial score (nSPS) is 24.6. The van der Waals surface area contributed by atoms with Crippen LogP contribution in [0, 0.1) is 5.92 Å². The van der Waals surface area contributed by atoms with Crippen LogP contribution in [0.15, 0.2) is 0 Å². The van der Waals surface area contributed by atoms with Gasteiger partial charge in [-0.3, -0.25) is 10.1 Å². The van der Waals surface area contributed by atoms with Crippen molar-refractivity contribution in [1.29, 1.82) is 0 Å². The maximum absolute atomic E-state index is 11.4. The lowest BCUT2D eigenvalue weighted by Crippen LogP contribution is -2.52. The summed E-state index contributed by atoms with van der Waals surface area (Å²) in [7, 11) is 0. The summed E-state index contributed by atoms with van der Waals surface area (Å²) in [6.07, 6.45) is 6.53. The first-order valence-electron chi connectivity index (χ1n) is 7.12. The van der Waals surface area contributed by atoms with Crippen LogP contribution in [0.5, 0.6) is 0 Å². The highest BCUT2D eigenvalue weighted by atomic mass is 16.5. The van der Waals surface area contributed by atoms with Gasteiger partial charge in [-0.25, -0.2) is 0 Å². The number of nitrogens with one attached hydrogen (secondary N) is 1. The molecule has 0 aromatic carbocycles. The van der Waals surface area contributed by atoms with Gasteiger partial charge in [0.05, 0.1) is 6.10 Å². The Hall–Kier alpha value is -0.610. The Morgan fingerprint density at radius 3 is 2.61 bits per heavy atom. The lowest BCUT2D eigenvalue weighted by molar-refractivity contribution is -0.146. The molecule has 4 heteroatoms. The molecule has 2 atom stereocenters. The number of aliphatic carboxylic acids is 1. The van der Waals surface area contributed by atoms with Crippen molar-refractivity contribution < 1.29 is 14.6 Å². The zero-order chi connectivity index (χ0) is 13.2. The fraction of sp³-hybridized carbons (Fsp3) is 0.929. The van der Waals surface area contributed by atoms with E-state index in [-0.39, 0.29) is 6.10 Å². The zero-order valence-electron chi connectivity index (χ0n) is 11.4. The topological polar surface area (TPSA) is 58.6 Å². The highest BCUT2D eigenvalue weighted by Gasteiger charge is 2.39. The number of hydrogen-bond acceptors (Lipinski definition) is 3. The third-order valence-electron chi connectivity index (χ3n) is 3.89. The van der Waals surface area contributed by atoms with Crippen LogP contribution in [0.4, 0.5) is 0 Å². The first kappa shape index (κ1) is 13.8. The predicted molar refractivity (Wildman–Crippen MR) is 69.6 cm³/mol. The second kappa shape index (κ2) is 5.57. The van der Waals surface area contributed by atoms with Gasteiger partial charge < -0.3 is 9.84 Å². The van der Waals surface area contributed by atoms with Crippen molar-refractivity contribution in [2.45, 2.75) is 70.1 Å². The zero-order valence-corrected chi connectivity index (χ0v) is 11.4. The summed E-state index contributed by atoms with van der Waals surface area (Å²) < 4.78 is 5.74. The summed E-state index contributed by atoms with van der Waals surface area (Å²) >= 11 is 0. The molecule has 2 fully saturated rings. The van der Waals surface area contributed by atoms with Crippen molar-refractivity contribution in [2.24, 2.45) is 5.92 Å². The average Bonchev–Trinajstić information content (AvgIpc) is 3.11. The third-order valence-corrected chi connectivity index (χ3v) is 3.89. The van der Waals surface area contributed by atoms with E-state index in [1.54, 1.807) is 6.92 Å². The molecule has 0 amide bonds. The van der Waals surface area contributed by atoms with Gasteiger partial charge in [-0.2, -0.15) is 0 Å². The number of carboxylic acid groups (broad SMARTS) is 1. The average molecular weight is 255 g/mol. The van der Waals surface area contributed by atoms with E-state index in [2.05, 4.69) is 5.32 Å². The van der Waals surface area contributed by atoms with Gasteiger partial charge in [0.2, 0.25) is 0 Å². The van der Waals surface area contributed by atoms with Crippen LogP contribution in [0.3, 0.4) is 0 Å². The molecule has 2 rings (SSSR count). The molecule has 2 unspecified atom stereocenters. The molecule has 0 saturated heterocycles. The van der Waals surface area contributed by atoms with Crippen LogP contribution < -0.4 is 5.32 Å². The molecular weight excluding hydrogens is 230 g/mol. The van der Waals surface area contributed by atoms with Crippen LogP contribution >= 0.6 is 0 Å². The maximum atomic E-state index is 11.4. The largest absolute Gasteiger partial charge is 0.480 e. The number of carboxylic acids is 1. The van der Waals surface area contributed by atoms with Crippen molar-refractivity contribution in [3.05, 3.63) is 0 Å². The summed E-state index contributed by atoms with van der Waals surface area (Å²) in [5, 5.41) is 12.6. The first-order chi connectivity index (χ1) is 8.49. The fourth-order valence-electron chi connectivity index (χ4n) is 2.36. The van der Waals surface area contributed by atoms with Crippen LogP contribution in [0.25, 0.3) is 0 Å². The number of carbonyl (C=O) groups is 1. The summed E-state index contributed by atoms with van der Waals surface area (Å²) in [4.78, 5) is 11.4. The van der Waals surface area contributed by atoms with E-state index < -0.39 is 11.5 Å². The molecule has 104 valence electrons.